The van der Waals surface area contributed by atoms with E-state index in [0.29, 0.717) is 24.5 Å². The molecule has 1 fully saturated rings. The minimum absolute atomic E-state index is 0.0945. The lowest BCUT2D eigenvalue weighted by Crippen LogP contribution is -2.29. The Morgan fingerprint density at radius 2 is 2.28 bits per heavy atom. The molecule has 0 saturated carbocycles. The monoisotopic (exact) mass is 290 g/mol. The molecule has 0 aromatic carbocycles. The number of nitrogens with zero attached hydrogens (tertiary/aromatic N) is 2. The molecule has 0 aliphatic carbocycles. The van der Waals surface area contributed by atoms with Crippen molar-refractivity contribution in [3.63, 3.8) is 0 Å². The van der Waals surface area contributed by atoms with Gasteiger partial charge in [-0.15, -0.1) is 0 Å². The Bertz CT molecular complexity index is 521. The number of rotatable bonds is 4. The largest absolute Gasteiger partial charge is 0.396 e. The van der Waals surface area contributed by atoms with Crippen LogP contribution >= 0.6 is 11.6 Å². The number of hydrogen-bond donors (Lipinski definition) is 1. The molecule has 2 rings (SSSR count). The molecule has 0 amide bonds. The van der Waals surface area contributed by atoms with Gasteiger partial charge in [-0.2, -0.15) is 4.31 Å². The number of aliphatic hydroxyl groups excluding tert-OH is 1. The van der Waals surface area contributed by atoms with Crippen LogP contribution in [0.25, 0.3) is 0 Å². The highest BCUT2D eigenvalue weighted by molar-refractivity contribution is 7.89. The van der Waals surface area contributed by atoms with Gasteiger partial charge in [0.25, 0.3) is 0 Å². The molecule has 2 heterocycles. The lowest BCUT2D eigenvalue weighted by molar-refractivity contribution is 0.259. The molecule has 1 saturated heterocycles. The summed E-state index contributed by atoms with van der Waals surface area (Å²) in [6.07, 6.45) is 4.13. The second-order valence-corrected chi connectivity index (χ2v) is 6.74. The SMILES string of the molecule is O=S(=O)(c1cncc(Cl)c1)N1CC[C@H](CCO)C1. The summed E-state index contributed by atoms with van der Waals surface area (Å²) in [7, 11) is -3.51. The van der Waals surface area contributed by atoms with Gasteiger partial charge in [0.05, 0.1) is 5.02 Å². The Morgan fingerprint density at radius 1 is 1.50 bits per heavy atom. The van der Waals surface area contributed by atoms with Gasteiger partial charge in [-0.05, 0) is 24.8 Å². The first-order chi connectivity index (χ1) is 8.54. The van der Waals surface area contributed by atoms with Gasteiger partial charge in [-0.25, -0.2) is 8.42 Å². The second kappa shape index (κ2) is 5.52. The molecule has 7 heteroatoms. The normalized spacial score (nSPS) is 21.3. The summed E-state index contributed by atoms with van der Waals surface area (Å²) in [5.74, 6) is 0.233. The first-order valence-corrected chi connectivity index (χ1v) is 7.57. The molecule has 1 N–H and O–H groups in total. The van der Waals surface area contributed by atoms with Crippen molar-refractivity contribution in [1.29, 1.82) is 0 Å². The number of pyridine rings is 1. The fraction of sp³-hybridized carbons (Fsp3) is 0.545. The quantitative estimate of drug-likeness (QED) is 0.902. The highest BCUT2D eigenvalue weighted by atomic mass is 35.5. The van der Waals surface area contributed by atoms with Crippen molar-refractivity contribution < 1.29 is 13.5 Å². The summed E-state index contributed by atoms with van der Waals surface area (Å²) >= 11 is 5.76. The fourth-order valence-electron chi connectivity index (χ4n) is 2.12. The first kappa shape index (κ1) is 13.7. The molecule has 18 heavy (non-hydrogen) atoms. The van der Waals surface area contributed by atoms with E-state index in [1.807, 2.05) is 0 Å². The van der Waals surface area contributed by atoms with Crippen LogP contribution in [0.4, 0.5) is 0 Å². The van der Waals surface area contributed by atoms with Crippen LogP contribution in [0, 0.1) is 5.92 Å². The number of aromatic nitrogens is 1. The molecule has 0 radical (unpaired) electrons. The highest BCUT2D eigenvalue weighted by Crippen LogP contribution is 2.26. The zero-order valence-corrected chi connectivity index (χ0v) is 11.4. The number of aliphatic hydroxyl groups is 1. The third-order valence-electron chi connectivity index (χ3n) is 3.10. The van der Waals surface area contributed by atoms with Crippen molar-refractivity contribution in [2.45, 2.75) is 17.7 Å². The lowest BCUT2D eigenvalue weighted by Gasteiger charge is -2.16. The molecular formula is C11H15ClN2O3S. The third-order valence-corrected chi connectivity index (χ3v) is 5.14. The van der Waals surface area contributed by atoms with E-state index < -0.39 is 10.0 Å². The Morgan fingerprint density at radius 3 is 2.94 bits per heavy atom. The van der Waals surface area contributed by atoms with Gasteiger partial charge in [0.1, 0.15) is 4.90 Å². The third kappa shape index (κ3) is 2.83. The number of hydrogen-bond acceptors (Lipinski definition) is 4. The molecule has 0 spiro atoms. The summed E-state index contributed by atoms with van der Waals surface area (Å²) < 4.78 is 26.0. The molecule has 1 aromatic rings. The van der Waals surface area contributed by atoms with Crippen LogP contribution in [-0.2, 0) is 10.0 Å². The molecule has 5 nitrogen and oxygen atoms in total. The molecule has 100 valence electrons. The molecule has 1 aromatic heterocycles. The zero-order valence-electron chi connectivity index (χ0n) is 9.79. The Balaban J connectivity index is 2.18. The van der Waals surface area contributed by atoms with Crippen molar-refractivity contribution in [2.75, 3.05) is 19.7 Å². The van der Waals surface area contributed by atoms with E-state index in [2.05, 4.69) is 4.98 Å². The molecule has 1 atom stereocenters. The van der Waals surface area contributed by atoms with Gasteiger partial charge >= 0.3 is 0 Å². The van der Waals surface area contributed by atoms with E-state index in [1.165, 1.54) is 22.8 Å². The van der Waals surface area contributed by atoms with Gasteiger partial charge in [-0.1, -0.05) is 11.6 Å². The topological polar surface area (TPSA) is 70.5 Å². The van der Waals surface area contributed by atoms with Crippen molar-refractivity contribution in [3.8, 4) is 0 Å². The van der Waals surface area contributed by atoms with E-state index in [9.17, 15) is 8.42 Å². The maximum Gasteiger partial charge on any atom is 0.244 e. The van der Waals surface area contributed by atoms with Crippen LogP contribution in [-0.4, -0.2) is 42.5 Å². The van der Waals surface area contributed by atoms with E-state index in [-0.39, 0.29) is 17.4 Å². The number of sulfonamides is 1. The summed E-state index contributed by atoms with van der Waals surface area (Å²) in [5, 5.41) is 9.18. The first-order valence-electron chi connectivity index (χ1n) is 5.75. The lowest BCUT2D eigenvalue weighted by atomic mass is 10.1. The average molecular weight is 291 g/mol. The van der Waals surface area contributed by atoms with Gasteiger partial charge in [0.2, 0.25) is 10.0 Å². The average Bonchev–Trinajstić information content (AvgIpc) is 2.79. The van der Waals surface area contributed by atoms with Gasteiger partial charge in [0, 0.05) is 32.1 Å². The van der Waals surface area contributed by atoms with Crippen molar-refractivity contribution >= 4 is 21.6 Å². The van der Waals surface area contributed by atoms with Crippen LogP contribution in [0.2, 0.25) is 5.02 Å². The minimum Gasteiger partial charge on any atom is -0.396 e. The van der Waals surface area contributed by atoms with Crippen LogP contribution in [0.15, 0.2) is 23.4 Å². The standard InChI is InChI=1S/C11H15ClN2O3S/c12-10-5-11(7-13-6-10)18(16,17)14-3-1-9(8-14)2-4-15/h5-7,9,15H,1-4,8H2/t9-/m1/s1. The molecular weight excluding hydrogens is 276 g/mol. The maximum absolute atomic E-state index is 12.3. The maximum atomic E-state index is 12.3. The van der Waals surface area contributed by atoms with E-state index >= 15 is 0 Å². The minimum atomic E-state index is -3.51. The van der Waals surface area contributed by atoms with Gasteiger partial charge in [-0.3, -0.25) is 4.98 Å². The highest BCUT2D eigenvalue weighted by Gasteiger charge is 2.32. The van der Waals surface area contributed by atoms with Crippen molar-refractivity contribution in [2.24, 2.45) is 5.92 Å². The van der Waals surface area contributed by atoms with E-state index in [4.69, 9.17) is 16.7 Å². The smallest absolute Gasteiger partial charge is 0.244 e. The Kier molecular flexibility index (Phi) is 4.21. The summed E-state index contributed by atoms with van der Waals surface area (Å²) in [4.78, 5) is 3.92. The second-order valence-electron chi connectivity index (χ2n) is 4.37. The van der Waals surface area contributed by atoms with E-state index in [1.54, 1.807) is 0 Å². The number of halogens is 1. The van der Waals surface area contributed by atoms with Crippen LogP contribution in [0.1, 0.15) is 12.8 Å². The molecule has 0 bridgehead atoms. The Labute approximate surface area is 111 Å². The van der Waals surface area contributed by atoms with Crippen LogP contribution < -0.4 is 0 Å². The predicted molar refractivity (Wildman–Crippen MR) is 67.8 cm³/mol. The predicted octanol–water partition coefficient (Wildman–Crippen LogP) is 1.13. The van der Waals surface area contributed by atoms with Gasteiger partial charge < -0.3 is 5.11 Å². The van der Waals surface area contributed by atoms with Crippen LogP contribution in [0.5, 0.6) is 0 Å². The van der Waals surface area contributed by atoms with Crippen molar-refractivity contribution in [3.05, 3.63) is 23.5 Å². The van der Waals surface area contributed by atoms with E-state index in [0.717, 1.165) is 6.42 Å². The summed E-state index contributed by atoms with van der Waals surface area (Å²) in [6.45, 7) is 1.03. The molecule has 1 aliphatic heterocycles. The van der Waals surface area contributed by atoms with Gasteiger partial charge in [0.15, 0.2) is 0 Å². The summed E-state index contributed by atoms with van der Waals surface area (Å²) in [5.41, 5.74) is 0. The fourth-order valence-corrected chi connectivity index (χ4v) is 3.88. The zero-order chi connectivity index (χ0) is 13.2. The molecule has 0 unspecified atom stereocenters. The Hall–Kier alpha value is -0.690. The summed E-state index contributed by atoms with van der Waals surface area (Å²) in [6, 6.07) is 1.41. The molecule has 1 aliphatic rings. The van der Waals surface area contributed by atoms with Crippen molar-refractivity contribution in [1.82, 2.24) is 9.29 Å². The van der Waals surface area contributed by atoms with Crippen LogP contribution in [0.3, 0.4) is 0 Å².